The fourth-order valence-electron chi connectivity index (χ4n) is 2.89. The Bertz CT molecular complexity index is 1040. The van der Waals surface area contributed by atoms with Gasteiger partial charge in [-0.1, -0.05) is 6.07 Å². The molecule has 2 aromatic heterocycles. The summed E-state index contributed by atoms with van der Waals surface area (Å²) >= 11 is 0. The number of amides is 1. The summed E-state index contributed by atoms with van der Waals surface area (Å²) in [7, 11) is 3.15. The van der Waals surface area contributed by atoms with Crippen LogP contribution in [0.15, 0.2) is 57.9 Å². The van der Waals surface area contributed by atoms with Crippen molar-refractivity contribution in [3.63, 3.8) is 0 Å². The molecular formula is C22H24N2O6. The number of benzene rings is 1. The summed E-state index contributed by atoms with van der Waals surface area (Å²) in [6.45, 7) is 2.68. The van der Waals surface area contributed by atoms with Gasteiger partial charge in [-0.05, 0) is 48.9 Å². The fraction of sp³-hybridized carbons (Fsp3) is 0.273. The summed E-state index contributed by atoms with van der Waals surface area (Å²) < 4.78 is 21.2. The van der Waals surface area contributed by atoms with Crippen LogP contribution in [0.3, 0.4) is 0 Å². The van der Waals surface area contributed by atoms with Crippen LogP contribution >= 0.6 is 0 Å². The summed E-state index contributed by atoms with van der Waals surface area (Å²) in [5.74, 6) is 1.17. The average Bonchev–Trinajstić information content (AvgIpc) is 3.28. The molecule has 0 saturated heterocycles. The molecule has 30 heavy (non-hydrogen) atoms. The number of methoxy groups -OCH3 is 2. The number of aromatic nitrogens is 1. The van der Waals surface area contributed by atoms with Crippen molar-refractivity contribution in [2.75, 3.05) is 27.4 Å². The Hall–Kier alpha value is -3.52. The van der Waals surface area contributed by atoms with Crippen LogP contribution in [-0.2, 0) is 4.74 Å². The lowest BCUT2D eigenvalue weighted by Crippen LogP contribution is -2.31. The van der Waals surface area contributed by atoms with Gasteiger partial charge in [0, 0.05) is 7.11 Å². The molecule has 3 rings (SSSR count). The SMILES string of the molecule is COCCOc1ccc(C(C)NC(=O)c2ccc(-c3ccco3)[nH]c2=O)cc1OC. The molecule has 0 saturated carbocycles. The van der Waals surface area contributed by atoms with Crippen LogP contribution in [0.2, 0.25) is 0 Å². The zero-order chi connectivity index (χ0) is 21.5. The largest absolute Gasteiger partial charge is 0.493 e. The van der Waals surface area contributed by atoms with E-state index in [2.05, 4.69) is 10.3 Å². The van der Waals surface area contributed by atoms with Gasteiger partial charge in [0.25, 0.3) is 11.5 Å². The first-order valence-electron chi connectivity index (χ1n) is 9.41. The number of pyridine rings is 1. The minimum absolute atomic E-state index is 0.0173. The predicted octanol–water partition coefficient (Wildman–Crippen LogP) is 3.16. The number of hydrogen-bond donors (Lipinski definition) is 2. The first-order valence-corrected chi connectivity index (χ1v) is 9.41. The van der Waals surface area contributed by atoms with Crippen molar-refractivity contribution in [2.24, 2.45) is 0 Å². The molecule has 1 atom stereocenters. The Morgan fingerprint density at radius 3 is 2.63 bits per heavy atom. The highest BCUT2D eigenvalue weighted by atomic mass is 16.5. The molecule has 0 spiro atoms. The van der Waals surface area contributed by atoms with Crippen LogP contribution in [0.5, 0.6) is 11.5 Å². The molecule has 2 N–H and O–H groups in total. The van der Waals surface area contributed by atoms with Gasteiger partial charge in [0.15, 0.2) is 11.5 Å². The number of aromatic amines is 1. The topological polar surface area (TPSA) is 103 Å². The number of nitrogens with one attached hydrogen (secondary N) is 2. The highest BCUT2D eigenvalue weighted by Crippen LogP contribution is 2.30. The minimum Gasteiger partial charge on any atom is -0.493 e. The van der Waals surface area contributed by atoms with Crippen molar-refractivity contribution in [1.29, 1.82) is 0 Å². The zero-order valence-electron chi connectivity index (χ0n) is 17.1. The van der Waals surface area contributed by atoms with E-state index in [0.29, 0.717) is 36.2 Å². The number of hydrogen-bond acceptors (Lipinski definition) is 6. The van der Waals surface area contributed by atoms with Crippen molar-refractivity contribution < 1.29 is 23.4 Å². The molecule has 1 aromatic carbocycles. The van der Waals surface area contributed by atoms with Gasteiger partial charge in [-0.3, -0.25) is 9.59 Å². The summed E-state index contributed by atoms with van der Waals surface area (Å²) in [5, 5.41) is 2.83. The zero-order valence-corrected chi connectivity index (χ0v) is 17.1. The lowest BCUT2D eigenvalue weighted by Gasteiger charge is -2.17. The normalized spacial score (nSPS) is 11.7. The minimum atomic E-state index is -0.493. The average molecular weight is 412 g/mol. The summed E-state index contributed by atoms with van der Waals surface area (Å²) in [4.78, 5) is 27.6. The van der Waals surface area contributed by atoms with Gasteiger partial charge in [-0.2, -0.15) is 0 Å². The van der Waals surface area contributed by atoms with E-state index < -0.39 is 11.5 Å². The van der Waals surface area contributed by atoms with Gasteiger partial charge >= 0.3 is 0 Å². The maximum absolute atomic E-state index is 12.6. The predicted molar refractivity (Wildman–Crippen MR) is 111 cm³/mol. The second kappa shape index (κ2) is 9.80. The van der Waals surface area contributed by atoms with Crippen LogP contribution in [0.25, 0.3) is 11.5 Å². The lowest BCUT2D eigenvalue weighted by molar-refractivity contribution is 0.0938. The number of ether oxygens (including phenoxy) is 3. The molecular weight excluding hydrogens is 388 g/mol. The molecule has 2 heterocycles. The molecule has 1 amide bonds. The molecule has 158 valence electrons. The molecule has 0 radical (unpaired) electrons. The Morgan fingerprint density at radius 1 is 1.13 bits per heavy atom. The third-order valence-corrected chi connectivity index (χ3v) is 4.52. The van der Waals surface area contributed by atoms with Gasteiger partial charge in [-0.15, -0.1) is 0 Å². The summed E-state index contributed by atoms with van der Waals surface area (Å²) in [6, 6.07) is 11.6. The van der Waals surface area contributed by atoms with Gasteiger partial charge in [-0.25, -0.2) is 0 Å². The molecule has 0 fully saturated rings. The highest BCUT2D eigenvalue weighted by molar-refractivity contribution is 5.94. The third-order valence-electron chi connectivity index (χ3n) is 4.52. The number of rotatable bonds is 9. The Balaban J connectivity index is 1.71. The van der Waals surface area contributed by atoms with E-state index in [4.69, 9.17) is 18.6 Å². The number of H-pyrrole nitrogens is 1. The van der Waals surface area contributed by atoms with Crippen LogP contribution in [0, 0.1) is 0 Å². The van der Waals surface area contributed by atoms with E-state index in [-0.39, 0.29) is 11.6 Å². The van der Waals surface area contributed by atoms with E-state index in [1.165, 1.54) is 12.3 Å². The van der Waals surface area contributed by atoms with E-state index in [1.54, 1.807) is 44.6 Å². The lowest BCUT2D eigenvalue weighted by atomic mass is 10.1. The maximum Gasteiger partial charge on any atom is 0.261 e. The van der Waals surface area contributed by atoms with Crippen molar-refractivity contribution in [2.45, 2.75) is 13.0 Å². The van der Waals surface area contributed by atoms with Crippen molar-refractivity contribution in [3.8, 4) is 23.0 Å². The molecule has 0 aliphatic carbocycles. The van der Waals surface area contributed by atoms with Crippen molar-refractivity contribution >= 4 is 5.91 Å². The van der Waals surface area contributed by atoms with Crippen molar-refractivity contribution in [1.82, 2.24) is 10.3 Å². The summed E-state index contributed by atoms with van der Waals surface area (Å²) in [6.07, 6.45) is 1.51. The molecule has 0 aliphatic heterocycles. The molecule has 1 unspecified atom stereocenters. The Kier molecular flexibility index (Phi) is 6.92. The number of carbonyl (C=O) groups is 1. The second-order valence-corrected chi connectivity index (χ2v) is 6.54. The van der Waals surface area contributed by atoms with Gasteiger partial charge in [0.1, 0.15) is 17.9 Å². The molecule has 0 aliphatic rings. The van der Waals surface area contributed by atoms with Crippen molar-refractivity contribution in [3.05, 3.63) is 70.2 Å². The Morgan fingerprint density at radius 2 is 1.97 bits per heavy atom. The highest BCUT2D eigenvalue weighted by Gasteiger charge is 2.17. The fourth-order valence-corrected chi connectivity index (χ4v) is 2.89. The Labute approximate surface area is 173 Å². The summed E-state index contributed by atoms with van der Waals surface area (Å²) in [5.41, 5.74) is 0.836. The second-order valence-electron chi connectivity index (χ2n) is 6.54. The molecule has 0 bridgehead atoms. The quantitative estimate of drug-likeness (QED) is 0.524. The molecule has 8 nitrogen and oxygen atoms in total. The van der Waals surface area contributed by atoms with E-state index >= 15 is 0 Å². The van der Waals surface area contributed by atoms with E-state index in [9.17, 15) is 9.59 Å². The van der Waals surface area contributed by atoms with E-state index in [1.807, 2.05) is 13.0 Å². The van der Waals surface area contributed by atoms with E-state index in [0.717, 1.165) is 5.56 Å². The molecule has 8 heteroatoms. The molecule has 3 aromatic rings. The van der Waals surface area contributed by atoms with Gasteiger partial charge in [0.05, 0.1) is 31.7 Å². The number of carbonyl (C=O) groups excluding carboxylic acids is 1. The smallest absolute Gasteiger partial charge is 0.261 e. The third kappa shape index (κ3) is 4.90. The van der Waals surface area contributed by atoms with Gasteiger partial charge < -0.3 is 28.9 Å². The standard InChI is InChI=1S/C22H24N2O6/c1-14(15-6-9-19(20(13-15)28-3)30-12-11-27-2)23-21(25)16-7-8-17(24-22(16)26)18-5-4-10-29-18/h4-10,13-14H,11-12H2,1-3H3,(H,23,25)(H,24,26). The first-order chi connectivity index (χ1) is 14.5. The first kappa shape index (κ1) is 21.2. The van der Waals surface area contributed by atoms with Crippen LogP contribution in [0.1, 0.15) is 28.9 Å². The van der Waals surface area contributed by atoms with Crippen LogP contribution in [0.4, 0.5) is 0 Å². The monoisotopic (exact) mass is 412 g/mol. The van der Waals surface area contributed by atoms with Gasteiger partial charge in [0.2, 0.25) is 0 Å². The number of furan rings is 1. The van der Waals surface area contributed by atoms with Crippen LogP contribution in [-0.4, -0.2) is 38.3 Å². The maximum atomic E-state index is 12.6. The van der Waals surface area contributed by atoms with Crippen LogP contribution < -0.4 is 20.3 Å².